The van der Waals surface area contributed by atoms with Gasteiger partial charge in [0.1, 0.15) is 5.75 Å². The molecule has 134 valence electrons. The molecule has 0 spiro atoms. The Bertz CT molecular complexity index is 632. The normalized spacial score (nSPS) is 22.7. The number of hydrogen-bond acceptors (Lipinski definition) is 4. The lowest BCUT2D eigenvalue weighted by Gasteiger charge is -2.19. The molecule has 2 fully saturated rings. The summed E-state index contributed by atoms with van der Waals surface area (Å²) < 4.78 is 5.36. The average Bonchev–Trinajstić information content (AvgIpc) is 2.86. The van der Waals surface area contributed by atoms with Gasteiger partial charge in [0.15, 0.2) is 0 Å². The van der Waals surface area contributed by atoms with Crippen molar-refractivity contribution in [3.63, 3.8) is 0 Å². The van der Waals surface area contributed by atoms with Crippen LogP contribution in [0.15, 0.2) is 24.3 Å². The zero-order chi connectivity index (χ0) is 17.8. The molecule has 25 heavy (non-hydrogen) atoms. The van der Waals surface area contributed by atoms with Crippen molar-refractivity contribution in [1.82, 2.24) is 4.90 Å². The van der Waals surface area contributed by atoms with Gasteiger partial charge >= 0.3 is 0 Å². The number of rotatable bonds is 6. The maximum Gasteiger partial charge on any atom is 0.233 e. The fourth-order valence-electron chi connectivity index (χ4n) is 3.69. The van der Waals surface area contributed by atoms with Crippen molar-refractivity contribution in [2.75, 3.05) is 18.5 Å². The molecule has 3 amide bonds. The number of imide groups is 1. The first kappa shape index (κ1) is 17.5. The van der Waals surface area contributed by atoms with E-state index in [1.165, 1.54) is 4.90 Å². The second-order valence-corrected chi connectivity index (χ2v) is 6.58. The summed E-state index contributed by atoms with van der Waals surface area (Å²) in [5, 5.41) is 2.78. The van der Waals surface area contributed by atoms with E-state index in [1.54, 1.807) is 24.3 Å². The monoisotopic (exact) mass is 344 g/mol. The number of nitrogens with zero attached hydrogens (tertiary/aromatic N) is 1. The summed E-state index contributed by atoms with van der Waals surface area (Å²) >= 11 is 0. The van der Waals surface area contributed by atoms with Gasteiger partial charge in [0, 0.05) is 18.7 Å². The molecule has 1 aliphatic carbocycles. The van der Waals surface area contributed by atoms with Crippen LogP contribution >= 0.6 is 0 Å². The molecule has 0 radical (unpaired) electrons. The molecule has 0 bridgehead atoms. The average molecular weight is 344 g/mol. The number of nitrogens with one attached hydrogen (secondary N) is 1. The Kier molecular flexibility index (Phi) is 5.36. The summed E-state index contributed by atoms with van der Waals surface area (Å²) in [7, 11) is 0. The number of ether oxygens (including phenoxy) is 1. The van der Waals surface area contributed by atoms with Crippen LogP contribution in [0.25, 0.3) is 0 Å². The number of amides is 3. The summed E-state index contributed by atoms with van der Waals surface area (Å²) in [6.45, 7) is 2.66. The van der Waals surface area contributed by atoms with Crippen LogP contribution in [0.1, 0.15) is 39.0 Å². The second-order valence-electron chi connectivity index (χ2n) is 6.58. The third-order valence-corrected chi connectivity index (χ3v) is 4.94. The van der Waals surface area contributed by atoms with Gasteiger partial charge in [-0.1, -0.05) is 12.8 Å². The molecule has 1 aliphatic heterocycles. The predicted molar refractivity (Wildman–Crippen MR) is 93.0 cm³/mol. The van der Waals surface area contributed by atoms with Crippen LogP contribution in [-0.4, -0.2) is 35.8 Å². The Morgan fingerprint density at radius 3 is 2.28 bits per heavy atom. The Morgan fingerprint density at radius 1 is 1.12 bits per heavy atom. The molecule has 1 aromatic rings. The maximum atomic E-state index is 12.4. The molecule has 2 aliphatic rings. The second kappa shape index (κ2) is 7.68. The Morgan fingerprint density at radius 2 is 1.72 bits per heavy atom. The maximum absolute atomic E-state index is 12.4. The van der Waals surface area contributed by atoms with Crippen molar-refractivity contribution in [1.29, 1.82) is 0 Å². The highest BCUT2D eigenvalue weighted by Gasteiger charge is 2.47. The van der Waals surface area contributed by atoms with Crippen molar-refractivity contribution < 1.29 is 19.1 Å². The molecule has 6 nitrogen and oxygen atoms in total. The Hall–Kier alpha value is -2.37. The van der Waals surface area contributed by atoms with Crippen molar-refractivity contribution in [3.05, 3.63) is 24.3 Å². The van der Waals surface area contributed by atoms with Crippen LogP contribution in [0.4, 0.5) is 5.69 Å². The molecular weight excluding hydrogens is 320 g/mol. The Balaban J connectivity index is 1.52. The molecule has 3 rings (SSSR count). The molecule has 1 aromatic carbocycles. The van der Waals surface area contributed by atoms with E-state index in [4.69, 9.17) is 4.74 Å². The van der Waals surface area contributed by atoms with Crippen LogP contribution in [0.5, 0.6) is 5.75 Å². The van der Waals surface area contributed by atoms with E-state index in [9.17, 15) is 14.4 Å². The minimum absolute atomic E-state index is 0.0939. The van der Waals surface area contributed by atoms with E-state index >= 15 is 0 Å². The van der Waals surface area contributed by atoms with Crippen molar-refractivity contribution in [3.8, 4) is 5.75 Å². The zero-order valence-corrected chi connectivity index (χ0v) is 14.5. The number of benzene rings is 1. The SMILES string of the molecule is CCOc1ccc(NC(=O)CCN2C(=O)C3CCCCC3C2=O)cc1. The highest BCUT2D eigenvalue weighted by molar-refractivity contribution is 6.05. The third kappa shape index (κ3) is 3.83. The van der Waals surface area contributed by atoms with Gasteiger partial charge in [0.25, 0.3) is 0 Å². The number of anilines is 1. The summed E-state index contributed by atoms with van der Waals surface area (Å²) in [4.78, 5) is 38.2. The van der Waals surface area contributed by atoms with Gasteiger partial charge in [-0.15, -0.1) is 0 Å². The molecule has 1 heterocycles. The molecule has 1 saturated heterocycles. The first-order chi connectivity index (χ1) is 12.1. The topological polar surface area (TPSA) is 75.7 Å². The van der Waals surface area contributed by atoms with E-state index in [1.807, 2.05) is 6.92 Å². The third-order valence-electron chi connectivity index (χ3n) is 4.94. The van der Waals surface area contributed by atoms with Crippen LogP contribution < -0.4 is 10.1 Å². The number of likely N-dealkylation sites (tertiary alicyclic amines) is 1. The van der Waals surface area contributed by atoms with Gasteiger partial charge in [0.05, 0.1) is 18.4 Å². The fraction of sp³-hybridized carbons (Fsp3) is 0.526. The van der Waals surface area contributed by atoms with E-state index < -0.39 is 0 Å². The highest BCUT2D eigenvalue weighted by atomic mass is 16.5. The summed E-state index contributed by atoms with van der Waals surface area (Å²) in [6.07, 6.45) is 3.72. The van der Waals surface area contributed by atoms with E-state index in [2.05, 4.69) is 5.32 Å². The number of carbonyl (C=O) groups excluding carboxylic acids is 3. The van der Waals surface area contributed by atoms with Gasteiger partial charge in [-0.3, -0.25) is 19.3 Å². The van der Waals surface area contributed by atoms with E-state index in [0.717, 1.165) is 31.4 Å². The number of carbonyl (C=O) groups is 3. The zero-order valence-electron chi connectivity index (χ0n) is 14.5. The number of fused-ring (bicyclic) bond motifs is 1. The van der Waals surface area contributed by atoms with Gasteiger partial charge < -0.3 is 10.1 Å². The molecule has 2 atom stereocenters. The standard InChI is InChI=1S/C19H24N2O4/c1-2-25-14-9-7-13(8-10-14)20-17(22)11-12-21-18(23)15-5-3-4-6-16(15)19(21)24/h7-10,15-16H,2-6,11-12H2,1H3,(H,20,22). The fourth-order valence-corrected chi connectivity index (χ4v) is 3.69. The molecule has 6 heteroatoms. The molecular formula is C19H24N2O4. The smallest absolute Gasteiger partial charge is 0.233 e. The van der Waals surface area contributed by atoms with Crippen LogP contribution in [0, 0.1) is 11.8 Å². The first-order valence-electron chi connectivity index (χ1n) is 8.98. The molecule has 1 saturated carbocycles. The summed E-state index contributed by atoms with van der Waals surface area (Å²) in [6, 6.07) is 7.11. The van der Waals surface area contributed by atoms with Gasteiger partial charge in [0.2, 0.25) is 17.7 Å². The lowest BCUT2D eigenvalue weighted by molar-refractivity contribution is -0.140. The van der Waals surface area contributed by atoms with Crippen molar-refractivity contribution >= 4 is 23.4 Å². The quantitative estimate of drug-likeness (QED) is 0.805. The van der Waals surface area contributed by atoms with E-state index in [0.29, 0.717) is 12.3 Å². The Labute approximate surface area is 147 Å². The van der Waals surface area contributed by atoms with Gasteiger partial charge in [-0.05, 0) is 44.0 Å². The predicted octanol–water partition coefficient (Wildman–Crippen LogP) is 2.59. The lowest BCUT2D eigenvalue weighted by atomic mass is 9.81. The summed E-state index contributed by atoms with van der Waals surface area (Å²) in [5.74, 6) is 0.0361. The first-order valence-corrected chi connectivity index (χ1v) is 8.98. The van der Waals surface area contributed by atoms with Gasteiger partial charge in [-0.2, -0.15) is 0 Å². The van der Waals surface area contributed by atoms with Crippen LogP contribution in [0.2, 0.25) is 0 Å². The largest absolute Gasteiger partial charge is 0.494 e. The molecule has 0 aromatic heterocycles. The minimum Gasteiger partial charge on any atom is -0.494 e. The highest BCUT2D eigenvalue weighted by Crippen LogP contribution is 2.37. The molecule has 1 N–H and O–H groups in total. The van der Waals surface area contributed by atoms with Crippen molar-refractivity contribution in [2.45, 2.75) is 39.0 Å². The van der Waals surface area contributed by atoms with Gasteiger partial charge in [-0.25, -0.2) is 0 Å². The summed E-state index contributed by atoms with van der Waals surface area (Å²) in [5.41, 5.74) is 0.668. The van der Waals surface area contributed by atoms with Crippen LogP contribution in [0.3, 0.4) is 0 Å². The van der Waals surface area contributed by atoms with E-state index in [-0.39, 0.29) is 42.5 Å². The lowest BCUT2D eigenvalue weighted by Crippen LogP contribution is -2.34. The minimum atomic E-state index is -0.209. The number of hydrogen-bond donors (Lipinski definition) is 1. The molecule has 2 unspecified atom stereocenters. The van der Waals surface area contributed by atoms with Crippen molar-refractivity contribution in [2.24, 2.45) is 11.8 Å². The van der Waals surface area contributed by atoms with Crippen LogP contribution in [-0.2, 0) is 14.4 Å².